The summed E-state index contributed by atoms with van der Waals surface area (Å²) >= 11 is 1.94. The lowest BCUT2D eigenvalue weighted by atomic mass is 10.0. The number of phenols is 1. The number of urea groups is 1. The fourth-order valence-electron chi connectivity index (χ4n) is 4.57. The molecule has 0 bridgehead atoms. The monoisotopic (exact) mass is 556 g/mol. The molecule has 0 aliphatic carbocycles. The fourth-order valence-corrected chi connectivity index (χ4v) is 5.52. The highest BCUT2D eigenvalue weighted by atomic mass is 32.2. The third kappa shape index (κ3) is 17.1. The molecule has 2 amide bonds. The van der Waals surface area contributed by atoms with Crippen molar-refractivity contribution in [2.45, 2.75) is 115 Å². The highest BCUT2D eigenvalue weighted by Crippen LogP contribution is 2.24. The standard InChI is InChI=1S/C33H52N2O3S/c1-3-4-5-6-7-8-9-10-11-12-13-14-15-16-17-28(2)39-27-26-34-33(37)35-29-18-22-31(23-19-29)38-32-24-20-30(36)21-25-32/h18-25,28,36H,3-17,26-27H2,1-2H3,(H2,34,35,37). The summed E-state index contributed by atoms with van der Waals surface area (Å²) in [6.45, 7) is 5.24. The van der Waals surface area contributed by atoms with E-state index in [0.717, 1.165) is 5.75 Å². The van der Waals surface area contributed by atoms with Crippen molar-refractivity contribution in [1.29, 1.82) is 0 Å². The van der Waals surface area contributed by atoms with E-state index in [-0.39, 0.29) is 11.8 Å². The smallest absolute Gasteiger partial charge is 0.319 e. The van der Waals surface area contributed by atoms with Gasteiger partial charge < -0.3 is 20.5 Å². The van der Waals surface area contributed by atoms with E-state index in [1.165, 1.54) is 96.3 Å². The van der Waals surface area contributed by atoms with Crippen molar-refractivity contribution < 1.29 is 14.6 Å². The summed E-state index contributed by atoms with van der Waals surface area (Å²) in [7, 11) is 0. The molecule has 218 valence electrons. The topological polar surface area (TPSA) is 70.6 Å². The summed E-state index contributed by atoms with van der Waals surface area (Å²) in [4.78, 5) is 12.2. The first-order valence-corrected chi connectivity index (χ1v) is 16.3. The molecule has 2 aromatic rings. The van der Waals surface area contributed by atoms with Gasteiger partial charge in [-0.1, -0.05) is 104 Å². The van der Waals surface area contributed by atoms with Gasteiger partial charge in [0.15, 0.2) is 0 Å². The number of unbranched alkanes of at least 4 members (excludes halogenated alkanes) is 13. The average Bonchev–Trinajstić information content (AvgIpc) is 2.93. The Hall–Kier alpha value is -2.34. The van der Waals surface area contributed by atoms with Crippen molar-refractivity contribution in [2.75, 3.05) is 17.6 Å². The van der Waals surface area contributed by atoms with Gasteiger partial charge in [0.25, 0.3) is 0 Å². The van der Waals surface area contributed by atoms with Crippen LogP contribution in [0.25, 0.3) is 0 Å². The Morgan fingerprint density at radius 1 is 0.769 bits per heavy atom. The molecular weight excluding hydrogens is 504 g/mol. The second kappa shape index (κ2) is 21.5. The normalized spacial score (nSPS) is 11.7. The Morgan fingerprint density at radius 2 is 1.26 bits per heavy atom. The minimum absolute atomic E-state index is 0.192. The molecule has 0 aliphatic rings. The van der Waals surface area contributed by atoms with Crippen LogP contribution in [0.15, 0.2) is 48.5 Å². The Kier molecular flexibility index (Phi) is 18.1. The van der Waals surface area contributed by atoms with Crippen LogP contribution in [0.2, 0.25) is 0 Å². The largest absolute Gasteiger partial charge is 0.508 e. The SMILES string of the molecule is CCCCCCCCCCCCCCCCC(C)SCCNC(=O)Nc1ccc(Oc2ccc(O)cc2)cc1. The molecule has 0 aromatic heterocycles. The number of phenolic OH excluding ortho intramolecular Hbond substituents is 1. The first kappa shape index (κ1) is 32.9. The Labute approximate surface area is 241 Å². The number of carbonyl (C=O) groups is 1. The molecule has 0 spiro atoms. The molecule has 6 heteroatoms. The molecule has 1 unspecified atom stereocenters. The van der Waals surface area contributed by atoms with E-state index >= 15 is 0 Å². The van der Waals surface area contributed by atoms with Gasteiger partial charge in [-0.3, -0.25) is 0 Å². The van der Waals surface area contributed by atoms with Gasteiger partial charge in [-0.05, 0) is 55.0 Å². The number of rotatable bonds is 22. The molecule has 0 saturated heterocycles. The number of ether oxygens (including phenoxy) is 1. The van der Waals surface area contributed by atoms with E-state index in [0.29, 0.717) is 29.0 Å². The van der Waals surface area contributed by atoms with Crippen LogP contribution in [0.5, 0.6) is 17.2 Å². The summed E-state index contributed by atoms with van der Waals surface area (Å²) in [6.07, 6.45) is 20.9. The van der Waals surface area contributed by atoms with Crippen LogP contribution in [0, 0.1) is 0 Å². The van der Waals surface area contributed by atoms with Gasteiger partial charge in [-0.2, -0.15) is 11.8 Å². The van der Waals surface area contributed by atoms with Crippen LogP contribution in [0.4, 0.5) is 10.5 Å². The van der Waals surface area contributed by atoms with Gasteiger partial charge in [-0.15, -0.1) is 0 Å². The fraction of sp³-hybridized carbons (Fsp3) is 0.606. The number of amides is 2. The van der Waals surface area contributed by atoms with Gasteiger partial charge >= 0.3 is 6.03 Å². The number of hydrogen-bond donors (Lipinski definition) is 3. The van der Waals surface area contributed by atoms with E-state index in [1.807, 2.05) is 23.9 Å². The summed E-state index contributed by atoms with van der Waals surface area (Å²) in [5.74, 6) is 2.43. The number of benzene rings is 2. The number of thioether (sulfide) groups is 1. The quantitative estimate of drug-likeness (QED) is 0.126. The zero-order chi connectivity index (χ0) is 28.0. The number of aromatic hydroxyl groups is 1. The van der Waals surface area contributed by atoms with E-state index in [1.54, 1.807) is 36.4 Å². The minimum Gasteiger partial charge on any atom is -0.508 e. The molecule has 0 saturated carbocycles. The molecule has 0 heterocycles. The zero-order valence-electron chi connectivity index (χ0n) is 24.4. The lowest BCUT2D eigenvalue weighted by Gasteiger charge is -2.12. The van der Waals surface area contributed by atoms with Crippen molar-refractivity contribution in [1.82, 2.24) is 5.32 Å². The van der Waals surface area contributed by atoms with E-state index in [9.17, 15) is 9.90 Å². The molecule has 39 heavy (non-hydrogen) atoms. The number of carbonyl (C=O) groups excluding carboxylic acids is 1. The predicted octanol–water partition coefficient (Wildman–Crippen LogP) is 10.3. The maximum Gasteiger partial charge on any atom is 0.319 e. The Morgan fingerprint density at radius 3 is 1.79 bits per heavy atom. The number of hydrogen-bond acceptors (Lipinski definition) is 4. The molecule has 2 aromatic carbocycles. The van der Waals surface area contributed by atoms with Crippen LogP contribution < -0.4 is 15.4 Å². The second-order valence-electron chi connectivity index (χ2n) is 10.6. The number of anilines is 1. The van der Waals surface area contributed by atoms with Crippen LogP contribution in [0.1, 0.15) is 110 Å². The van der Waals surface area contributed by atoms with Gasteiger partial charge in [0.2, 0.25) is 0 Å². The molecule has 5 nitrogen and oxygen atoms in total. The second-order valence-corrected chi connectivity index (χ2v) is 12.1. The van der Waals surface area contributed by atoms with E-state index in [2.05, 4.69) is 24.5 Å². The summed E-state index contributed by atoms with van der Waals surface area (Å²) < 4.78 is 5.73. The zero-order valence-corrected chi connectivity index (χ0v) is 25.2. The maximum atomic E-state index is 12.2. The van der Waals surface area contributed by atoms with Crippen molar-refractivity contribution in [3.8, 4) is 17.2 Å². The van der Waals surface area contributed by atoms with Gasteiger partial charge in [0.05, 0.1) is 0 Å². The minimum atomic E-state index is -0.192. The molecule has 1 atom stereocenters. The lowest BCUT2D eigenvalue weighted by molar-refractivity contribution is 0.252. The van der Waals surface area contributed by atoms with Gasteiger partial charge in [0.1, 0.15) is 17.2 Å². The van der Waals surface area contributed by atoms with Crippen LogP contribution in [0.3, 0.4) is 0 Å². The number of nitrogens with one attached hydrogen (secondary N) is 2. The Balaban J connectivity index is 1.40. The molecule has 0 aliphatic heterocycles. The van der Waals surface area contributed by atoms with E-state index in [4.69, 9.17) is 4.74 Å². The predicted molar refractivity (Wildman–Crippen MR) is 168 cm³/mol. The average molecular weight is 557 g/mol. The summed E-state index contributed by atoms with van der Waals surface area (Å²) in [5.41, 5.74) is 0.712. The van der Waals surface area contributed by atoms with Crippen LogP contribution >= 0.6 is 11.8 Å². The molecule has 0 fully saturated rings. The molecule has 0 radical (unpaired) electrons. The van der Waals surface area contributed by atoms with Crippen LogP contribution in [-0.2, 0) is 0 Å². The van der Waals surface area contributed by atoms with Crippen molar-refractivity contribution in [3.05, 3.63) is 48.5 Å². The van der Waals surface area contributed by atoms with Crippen molar-refractivity contribution in [2.24, 2.45) is 0 Å². The maximum absolute atomic E-state index is 12.2. The highest BCUT2D eigenvalue weighted by molar-refractivity contribution is 7.99. The third-order valence-corrected chi connectivity index (χ3v) is 8.18. The highest BCUT2D eigenvalue weighted by Gasteiger charge is 2.05. The van der Waals surface area contributed by atoms with Gasteiger partial charge in [-0.25, -0.2) is 4.79 Å². The van der Waals surface area contributed by atoms with Crippen molar-refractivity contribution >= 4 is 23.5 Å². The van der Waals surface area contributed by atoms with E-state index < -0.39 is 0 Å². The summed E-state index contributed by atoms with van der Waals surface area (Å²) in [5, 5.41) is 15.8. The van der Waals surface area contributed by atoms with Crippen LogP contribution in [-0.4, -0.2) is 28.7 Å². The van der Waals surface area contributed by atoms with Crippen molar-refractivity contribution in [3.63, 3.8) is 0 Å². The lowest BCUT2D eigenvalue weighted by Crippen LogP contribution is -2.30. The molecule has 2 rings (SSSR count). The first-order chi connectivity index (χ1) is 19.1. The summed E-state index contributed by atoms with van der Waals surface area (Å²) in [6, 6.07) is 13.6. The Bertz CT molecular complexity index is 874. The molecule has 3 N–H and O–H groups in total. The third-order valence-electron chi connectivity index (χ3n) is 6.94. The molecular formula is C33H52N2O3S. The van der Waals surface area contributed by atoms with Gasteiger partial charge in [0, 0.05) is 23.2 Å². The first-order valence-electron chi connectivity index (χ1n) is 15.3.